The summed E-state index contributed by atoms with van der Waals surface area (Å²) in [5.74, 6) is -2.04. The summed E-state index contributed by atoms with van der Waals surface area (Å²) in [7, 11) is 1.42. The number of hydrogen-bond acceptors (Lipinski definition) is 9. The van der Waals surface area contributed by atoms with Gasteiger partial charge in [0.05, 0.1) is 7.11 Å². The first-order valence-electron chi connectivity index (χ1n) is 7.71. The van der Waals surface area contributed by atoms with Gasteiger partial charge >= 0.3 is 11.9 Å². The number of methoxy groups -OCH3 is 1. The van der Waals surface area contributed by atoms with Crippen LogP contribution in [0.2, 0.25) is 0 Å². The number of esters is 1. The van der Waals surface area contributed by atoms with Gasteiger partial charge in [0.1, 0.15) is 29.8 Å². The highest BCUT2D eigenvalue weighted by atomic mass is 16.7. The molecule has 5 atom stereocenters. The largest absolute Gasteiger partial charge is 0.508 e. The Bertz CT molecular complexity index is 660. The zero-order chi connectivity index (χ0) is 19.4. The van der Waals surface area contributed by atoms with Gasteiger partial charge in [-0.05, 0) is 24.1 Å². The van der Waals surface area contributed by atoms with Gasteiger partial charge < -0.3 is 39.7 Å². The molecule has 1 aromatic carbocycles. The third-order valence-corrected chi connectivity index (χ3v) is 3.87. The predicted octanol–water partition coefficient (Wildman–Crippen LogP) is -1.23. The van der Waals surface area contributed by atoms with E-state index in [4.69, 9.17) is 19.3 Å². The number of rotatable bonds is 6. The van der Waals surface area contributed by atoms with Crippen LogP contribution in [0.3, 0.4) is 0 Å². The second-order valence-corrected chi connectivity index (χ2v) is 5.76. The highest BCUT2D eigenvalue weighted by molar-refractivity contribution is 5.73. The summed E-state index contributed by atoms with van der Waals surface area (Å²) in [6, 6.07) is 4.44. The Morgan fingerprint density at radius 2 is 1.81 bits per heavy atom. The van der Waals surface area contributed by atoms with Crippen LogP contribution in [0, 0.1) is 0 Å². The molecular formula is C16H20O10. The summed E-state index contributed by atoms with van der Waals surface area (Å²) >= 11 is 0. The summed E-state index contributed by atoms with van der Waals surface area (Å²) in [5, 5.41) is 47.5. The summed E-state index contributed by atoms with van der Waals surface area (Å²) in [6.45, 7) is 0. The molecule has 1 fully saturated rings. The van der Waals surface area contributed by atoms with E-state index in [0.717, 1.165) is 0 Å². The van der Waals surface area contributed by atoms with Crippen molar-refractivity contribution < 1.29 is 49.3 Å². The van der Waals surface area contributed by atoms with Gasteiger partial charge in [-0.1, -0.05) is 0 Å². The minimum absolute atomic E-state index is 0.0415. The Hall–Kier alpha value is -2.40. The number of aromatic hydroxyl groups is 1. The molecule has 1 aliphatic rings. The predicted molar refractivity (Wildman–Crippen MR) is 83.4 cm³/mol. The van der Waals surface area contributed by atoms with Crippen molar-refractivity contribution in [3.8, 4) is 11.5 Å². The molecule has 1 saturated heterocycles. The van der Waals surface area contributed by atoms with E-state index in [1.54, 1.807) is 6.07 Å². The van der Waals surface area contributed by atoms with Crippen molar-refractivity contribution in [3.63, 3.8) is 0 Å². The fraction of sp³-hybridized carbons (Fsp3) is 0.500. The van der Waals surface area contributed by atoms with Crippen molar-refractivity contribution in [1.82, 2.24) is 0 Å². The van der Waals surface area contributed by atoms with Gasteiger partial charge in [0.25, 0.3) is 0 Å². The Kier molecular flexibility index (Phi) is 6.37. The first-order chi connectivity index (χ1) is 12.2. The molecule has 5 unspecified atom stereocenters. The maximum atomic E-state index is 11.9. The van der Waals surface area contributed by atoms with E-state index in [1.807, 2.05) is 0 Å². The van der Waals surface area contributed by atoms with E-state index >= 15 is 0 Å². The van der Waals surface area contributed by atoms with Crippen molar-refractivity contribution in [2.75, 3.05) is 7.11 Å². The third-order valence-electron chi connectivity index (χ3n) is 3.87. The SMILES string of the molecule is COc1cc(O)cc(CCC(=O)OC2OC(C(=O)O)C(O)C(O)C2O)c1. The number of phenols is 1. The highest BCUT2D eigenvalue weighted by Crippen LogP contribution is 2.24. The number of carboxylic acid groups (broad SMARTS) is 1. The lowest BCUT2D eigenvalue weighted by Crippen LogP contribution is -2.60. The summed E-state index contributed by atoms with van der Waals surface area (Å²) < 4.78 is 14.7. The van der Waals surface area contributed by atoms with Crippen LogP contribution in [0.4, 0.5) is 0 Å². The number of phenolic OH excluding ortho intramolecular Hbond substituents is 1. The summed E-state index contributed by atoms with van der Waals surface area (Å²) in [5.41, 5.74) is 0.586. The molecule has 0 aromatic heterocycles. The molecule has 144 valence electrons. The normalized spacial score (nSPS) is 28.4. The Morgan fingerprint density at radius 3 is 2.42 bits per heavy atom. The lowest BCUT2D eigenvalue weighted by molar-refractivity contribution is -0.286. The molecule has 5 N–H and O–H groups in total. The second-order valence-electron chi connectivity index (χ2n) is 5.76. The number of aliphatic carboxylic acids is 1. The topological polar surface area (TPSA) is 163 Å². The summed E-state index contributed by atoms with van der Waals surface area (Å²) in [4.78, 5) is 22.9. The first-order valence-corrected chi connectivity index (χ1v) is 7.71. The number of benzene rings is 1. The molecule has 1 heterocycles. The Labute approximate surface area is 148 Å². The number of carbonyl (C=O) groups excluding carboxylic acids is 1. The van der Waals surface area contributed by atoms with Gasteiger partial charge in [0.2, 0.25) is 6.29 Å². The minimum Gasteiger partial charge on any atom is -0.508 e. The number of aliphatic hydroxyl groups excluding tert-OH is 3. The van der Waals surface area contributed by atoms with Crippen LogP contribution in [0.1, 0.15) is 12.0 Å². The van der Waals surface area contributed by atoms with Gasteiger partial charge in [0.15, 0.2) is 6.10 Å². The molecular weight excluding hydrogens is 352 g/mol. The van der Waals surface area contributed by atoms with Crippen molar-refractivity contribution >= 4 is 11.9 Å². The van der Waals surface area contributed by atoms with E-state index < -0.39 is 42.6 Å². The van der Waals surface area contributed by atoms with Gasteiger partial charge in [-0.15, -0.1) is 0 Å². The lowest BCUT2D eigenvalue weighted by atomic mass is 9.99. The zero-order valence-corrected chi connectivity index (χ0v) is 13.8. The quantitative estimate of drug-likeness (QED) is 0.382. The minimum atomic E-state index is -1.86. The van der Waals surface area contributed by atoms with Crippen LogP contribution in [-0.2, 0) is 25.5 Å². The van der Waals surface area contributed by atoms with Gasteiger partial charge in [0, 0.05) is 12.5 Å². The lowest BCUT2D eigenvalue weighted by Gasteiger charge is -2.37. The Balaban J connectivity index is 1.96. The number of aryl methyl sites for hydroxylation is 1. The molecule has 0 aliphatic carbocycles. The fourth-order valence-corrected chi connectivity index (χ4v) is 2.49. The molecule has 0 bridgehead atoms. The second kappa shape index (κ2) is 8.32. The standard InChI is InChI=1S/C16H20O10/c1-24-9-5-7(4-8(17)6-9)2-3-10(18)25-16-13(21)11(19)12(20)14(26-16)15(22)23/h4-6,11-14,16-17,19-21H,2-3H2,1H3,(H,22,23). The first kappa shape index (κ1) is 19.9. The fourth-order valence-electron chi connectivity index (χ4n) is 2.49. The van der Waals surface area contributed by atoms with E-state index in [1.165, 1.54) is 19.2 Å². The third kappa shape index (κ3) is 4.61. The van der Waals surface area contributed by atoms with Crippen molar-refractivity contribution in [2.45, 2.75) is 43.5 Å². The molecule has 2 rings (SSSR count). The molecule has 0 radical (unpaired) electrons. The number of aliphatic hydroxyl groups is 3. The van der Waals surface area contributed by atoms with Crippen molar-refractivity contribution in [1.29, 1.82) is 0 Å². The van der Waals surface area contributed by atoms with Crippen LogP contribution in [0.15, 0.2) is 18.2 Å². The van der Waals surface area contributed by atoms with E-state index in [2.05, 4.69) is 0 Å². The van der Waals surface area contributed by atoms with Gasteiger partial charge in [-0.25, -0.2) is 4.79 Å². The Morgan fingerprint density at radius 1 is 1.12 bits per heavy atom. The number of carbonyl (C=O) groups is 2. The van der Waals surface area contributed by atoms with Crippen LogP contribution in [-0.4, -0.2) is 75.3 Å². The molecule has 10 nitrogen and oxygen atoms in total. The van der Waals surface area contributed by atoms with Crippen molar-refractivity contribution in [3.05, 3.63) is 23.8 Å². The maximum Gasteiger partial charge on any atom is 0.335 e. The molecule has 26 heavy (non-hydrogen) atoms. The van der Waals surface area contributed by atoms with Gasteiger partial charge in [-0.3, -0.25) is 4.79 Å². The summed E-state index contributed by atoms with van der Waals surface area (Å²) in [6.07, 6.45) is -9.10. The number of ether oxygens (including phenoxy) is 3. The zero-order valence-electron chi connectivity index (χ0n) is 13.8. The molecule has 0 amide bonds. The van der Waals surface area contributed by atoms with E-state index in [-0.39, 0.29) is 18.6 Å². The molecule has 0 saturated carbocycles. The van der Waals surface area contributed by atoms with E-state index in [0.29, 0.717) is 11.3 Å². The van der Waals surface area contributed by atoms with Crippen LogP contribution in [0.5, 0.6) is 11.5 Å². The molecule has 10 heteroatoms. The van der Waals surface area contributed by atoms with E-state index in [9.17, 15) is 30.0 Å². The van der Waals surface area contributed by atoms with Gasteiger partial charge in [-0.2, -0.15) is 0 Å². The smallest absolute Gasteiger partial charge is 0.335 e. The maximum absolute atomic E-state index is 11.9. The molecule has 1 aromatic rings. The van der Waals surface area contributed by atoms with Crippen LogP contribution < -0.4 is 4.74 Å². The van der Waals surface area contributed by atoms with Crippen LogP contribution in [0.25, 0.3) is 0 Å². The average molecular weight is 372 g/mol. The molecule has 1 aliphatic heterocycles. The molecule has 0 spiro atoms. The average Bonchev–Trinajstić information content (AvgIpc) is 2.59. The monoisotopic (exact) mass is 372 g/mol. The van der Waals surface area contributed by atoms with Crippen LogP contribution >= 0.6 is 0 Å². The number of hydrogen-bond donors (Lipinski definition) is 5. The highest BCUT2D eigenvalue weighted by Gasteiger charge is 2.48. The number of carboxylic acids is 1. The van der Waals surface area contributed by atoms with Crippen molar-refractivity contribution in [2.24, 2.45) is 0 Å².